The summed E-state index contributed by atoms with van der Waals surface area (Å²) in [5, 5.41) is 0. The summed E-state index contributed by atoms with van der Waals surface area (Å²) in [4.78, 5) is 0. The van der Waals surface area contributed by atoms with Gasteiger partial charge in [-0.15, -0.1) is 0 Å². The van der Waals surface area contributed by atoms with Gasteiger partial charge in [-0.1, -0.05) is 11.4 Å². The average molecular weight is 203 g/mol. The first-order valence-corrected chi connectivity index (χ1v) is 2.73. The van der Waals surface area contributed by atoms with Crippen LogP contribution in [-0.4, -0.2) is 0 Å². The Morgan fingerprint density at radius 1 is 1.00 bits per heavy atom. The standard InChI is InChI=1S/C6H9N4.Zn/c7-3-1-2-4(8)6(10)5(3)9;/h1H,7-10H2;/q-1;. The van der Waals surface area contributed by atoms with E-state index in [0.29, 0.717) is 22.7 Å². The van der Waals surface area contributed by atoms with E-state index in [9.17, 15) is 0 Å². The van der Waals surface area contributed by atoms with Crippen LogP contribution in [0.4, 0.5) is 22.7 Å². The Kier molecular flexibility index (Phi) is 3.14. The molecule has 0 saturated carbocycles. The molecule has 0 fully saturated rings. The molecule has 0 bridgehead atoms. The third-order valence-electron chi connectivity index (χ3n) is 1.27. The van der Waals surface area contributed by atoms with E-state index in [2.05, 4.69) is 6.07 Å². The average Bonchev–Trinajstić information content (AvgIpc) is 1.93. The van der Waals surface area contributed by atoms with Crippen molar-refractivity contribution in [2.24, 2.45) is 0 Å². The van der Waals surface area contributed by atoms with E-state index in [4.69, 9.17) is 22.9 Å². The SMILES string of the molecule is Nc1[c-]cc(N)c(N)c1N.[Zn]. The van der Waals surface area contributed by atoms with Crippen LogP contribution >= 0.6 is 0 Å². The predicted molar refractivity (Wildman–Crippen MR) is 42.9 cm³/mol. The molecule has 1 aromatic rings. The molecule has 0 aliphatic heterocycles. The number of benzene rings is 1. The Hall–Kier alpha value is -0.957. The minimum Gasteiger partial charge on any atom is -0.448 e. The largest absolute Gasteiger partial charge is 0.448 e. The zero-order chi connectivity index (χ0) is 7.72. The minimum absolute atomic E-state index is 0. The van der Waals surface area contributed by atoms with Gasteiger partial charge in [-0.05, 0) is 11.4 Å². The van der Waals surface area contributed by atoms with E-state index in [1.54, 1.807) is 0 Å². The summed E-state index contributed by atoms with van der Waals surface area (Å²) >= 11 is 0. The van der Waals surface area contributed by atoms with Crippen LogP contribution < -0.4 is 22.9 Å². The molecule has 0 atom stereocenters. The van der Waals surface area contributed by atoms with Crippen LogP contribution in [0.2, 0.25) is 0 Å². The molecular formula is C6H9N4Zn-. The molecule has 0 amide bonds. The first-order valence-electron chi connectivity index (χ1n) is 2.73. The molecule has 0 aliphatic rings. The van der Waals surface area contributed by atoms with Crippen molar-refractivity contribution in [2.75, 3.05) is 22.9 Å². The van der Waals surface area contributed by atoms with E-state index in [-0.39, 0.29) is 19.5 Å². The number of rotatable bonds is 0. The Morgan fingerprint density at radius 3 is 2.00 bits per heavy atom. The Labute approximate surface area is 77.7 Å². The Bertz CT molecular complexity index is 234. The van der Waals surface area contributed by atoms with E-state index < -0.39 is 0 Å². The summed E-state index contributed by atoms with van der Waals surface area (Å²) in [6, 6.07) is 4.16. The smallest absolute Gasteiger partial charge is 0 e. The van der Waals surface area contributed by atoms with Crippen molar-refractivity contribution in [3.05, 3.63) is 12.1 Å². The van der Waals surface area contributed by atoms with Crippen molar-refractivity contribution in [1.29, 1.82) is 0 Å². The van der Waals surface area contributed by atoms with Crippen LogP contribution in [-0.2, 0) is 19.5 Å². The van der Waals surface area contributed by atoms with E-state index in [1.807, 2.05) is 0 Å². The summed E-state index contributed by atoms with van der Waals surface area (Å²) in [6.07, 6.45) is 0. The second-order valence-electron chi connectivity index (χ2n) is 1.99. The molecule has 0 aliphatic carbocycles. The van der Waals surface area contributed by atoms with Crippen LogP contribution in [0.15, 0.2) is 6.07 Å². The van der Waals surface area contributed by atoms with Gasteiger partial charge in [0.2, 0.25) is 0 Å². The third kappa shape index (κ3) is 1.74. The quantitative estimate of drug-likeness (QED) is 0.266. The van der Waals surface area contributed by atoms with Crippen LogP contribution in [0, 0.1) is 6.07 Å². The molecule has 5 heteroatoms. The molecule has 0 saturated heterocycles. The van der Waals surface area contributed by atoms with Gasteiger partial charge in [0.15, 0.2) is 0 Å². The Morgan fingerprint density at radius 2 is 1.55 bits per heavy atom. The fraction of sp³-hybridized carbons (Fsp3) is 0. The van der Waals surface area contributed by atoms with Crippen molar-refractivity contribution in [1.82, 2.24) is 0 Å². The maximum Gasteiger partial charge on any atom is 0 e. The predicted octanol–water partition coefficient (Wildman–Crippen LogP) is -0.187. The van der Waals surface area contributed by atoms with E-state index in [0.717, 1.165) is 0 Å². The summed E-state index contributed by atoms with van der Waals surface area (Å²) in [7, 11) is 0. The summed E-state index contributed by atoms with van der Waals surface area (Å²) in [6.45, 7) is 0. The Balaban J connectivity index is 0.000001000. The van der Waals surface area contributed by atoms with Gasteiger partial charge in [0, 0.05) is 19.5 Å². The van der Waals surface area contributed by atoms with Gasteiger partial charge in [0.25, 0.3) is 0 Å². The summed E-state index contributed by atoms with van der Waals surface area (Å²) in [5.41, 5.74) is 23.0. The van der Waals surface area contributed by atoms with Gasteiger partial charge in [-0.2, -0.15) is 12.1 Å². The molecule has 1 aromatic carbocycles. The van der Waals surface area contributed by atoms with Crippen molar-refractivity contribution in [3.8, 4) is 0 Å². The first kappa shape index (κ1) is 10.0. The first-order chi connectivity index (χ1) is 4.63. The fourth-order valence-corrected chi connectivity index (χ4v) is 0.612. The van der Waals surface area contributed by atoms with Gasteiger partial charge in [0.05, 0.1) is 0 Å². The van der Waals surface area contributed by atoms with Gasteiger partial charge < -0.3 is 22.9 Å². The molecule has 11 heavy (non-hydrogen) atoms. The minimum atomic E-state index is 0. The number of anilines is 4. The molecule has 56 valence electrons. The fourth-order valence-electron chi connectivity index (χ4n) is 0.612. The van der Waals surface area contributed by atoms with Crippen LogP contribution in [0.25, 0.3) is 0 Å². The number of hydrogen-bond donors (Lipinski definition) is 4. The number of hydrogen-bond acceptors (Lipinski definition) is 4. The molecule has 8 N–H and O–H groups in total. The van der Waals surface area contributed by atoms with Crippen molar-refractivity contribution in [2.45, 2.75) is 0 Å². The number of nitrogen functional groups attached to an aromatic ring is 4. The zero-order valence-electron chi connectivity index (χ0n) is 6.09. The molecule has 0 unspecified atom stereocenters. The molecule has 1 rings (SSSR count). The summed E-state index contributed by atoms with van der Waals surface area (Å²) in [5.74, 6) is 0. The van der Waals surface area contributed by atoms with Gasteiger partial charge in [0.1, 0.15) is 0 Å². The molecule has 0 radical (unpaired) electrons. The van der Waals surface area contributed by atoms with Crippen LogP contribution in [0.1, 0.15) is 0 Å². The van der Waals surface area contributed by atoms with Crippen molar-refractivity contribution < 1.29 is 19.5 Å². The third-order valence-corrected chi connectivity index (χ3v) is 1.27. The van der Waals surface area contributed by atoms with E-state index >= 15 is 0 Å². The van der Waals surface area contributed by atoms with Gasteiger partial charge in [-0.3, -0.25) is 0 Å². The molecule has 0 heterocycles. The topological polar surface area (TPSA) is 104 Å². The summed E-state index contributed by atoms with van der Waals surface area (Å²) < 4.78 is 0. The second kappa shape index (κ2) is 3.44. The monoisotopic (exact) mass is 201 g/mol. The van der Waals surface area contributed by atoms with Crippen LogP contribution in [0.5, 0.6) is 0 Å². The van der Waals surface area contributed by atoms with Crippen molar-refractivity contribution >= 4 is 22.7 Å². The zero-order valence-corrected chi connectivity index (χ0v) is 9.06. The van der Waals surface area contributed by atoms with Crippen molar-refractivity contribution in [3.63, 3.8) is 0 Å². The van der Waals surface area contributed by atoms with E-state index in [1.165, 1.54) is 6.07 Å². The van der Waals surface area contributed by atoms with Gasteiger partial charge in [-0.25, -0.2) is 0 Å². The second-order valence-corrected chi connectivity index (χ2v) is 1.99. The molecule has 0 spiro atoms. The normalized spacial score (nSPS) is 8.73. The molecule has 4 nitrogen and oxygen atoms in total. The molecular weight excluding hydrogens is 193 g/mol. The maximum atomic E-state index is 5.43. The van der Waals surface area contributed by atoms with Crippen LogP contribution in [0.3, 0.4) is 0 Å². The van der Waals surface area contributed by atoms with Gasteiger partial charge >= 0.3 is 0 Å². The molecule has 0 aromatic heterocycles. The number of nitrogens with two attached hydrogens (primary N) is 4. The maximum absolute atomic E-state index is 5.43.